The van der Waals surface area contributed by atoms with Crippen LogP contribution in [0.3, 0.4) is 0 Å². The summed E-state index contributed by atoms with van der Waals surface area (Å²) in [4.78, 5) is 11.4. The van der Waals surface area contributed by atoms with E-state index >= 15 is 0 Å². The SMILES string of the molecule is CCc1c(Oc2ccc(N3CCNCC3)cc2)nc(NS(=O)(=O)c2cnn(C)c2)nc1-c1cccc(Cl)c1. The van der Waals surface area contributed by atoms with Crippen molar-refractivity contribution in [2.24, 2.45) is 7.05 Å². The number of halogens is 1. The lowest BCUT2D eigenvalue weighted by Gasteiger charge is -2.29. The molecule has 2 aromatic heterocycles. The van der Waals surface area contributed by atoms with E-state index in [0.717, 1.165) is 43.0 Å². The minimum Gasteiger partial charge on any atom is -0.439 e. The number of piperazine rings is 1. The lowest BCUT2D eigenvalue weighted by molar-refractivity contribution is 0.456. The fraction of sp³-hybridized carbons (Fsp3) is 0.269. The van der Waals surface area contributed by atoms with Crippen LogP contribution in [-0.2, 0) is 23.5 Å². The average Bonchev–Trinajstić information content (AvgIpc) is 3.36. The van der Waals surface area contributed by atoms with Gasteiger partial charge >= 0.3 is 0 Å². The van der Waals surface area contributed by atoms with Crippen LogP contribution in [0.1, 0.15) is 12.5 Å². The molecule has 1 aliphatic rings. The molecule has 10 nitrogen and oxygen atoms in total. The fourth-order valence-corrected chi connectivity index (χ4v) is 5.38. The number of benzene rings is 2. The Morgan fingerprint density at radius 3 is 2.53 bits per heavy atom. The Balaban J connectivity index is 1.53. The van der Waals surface area contributed by atoms with E-state index in [4.69, 9.17) is 16.3 Å². The molecular weight excluding hydrogens is 526 g/mol. The molecule has 0 saturated carbocycles. The third kappa shape index (κ3) is 5.74. The monoisotopic (exact) mass is 553 g/mol. The van der Waals surface area contributed by atoms with E-state index in [1.807, 2.05) is 43.3 Å². The molecule has 1 saturated heterocycles. The number of aryl methyl sites for hydroxylation is 1. The van der Waals surface area contributed by atoms with E-state index in [9.17, 15) is 8.42 Å². The van der Waals surface area contributed by atoms with Crippen molar-refractivity contribution in [2.45, 2.75) is 18.2 Å². The van der Waals surface area contributed by atoms with E-state index in [2.05, 4.69) is 30.0 Å². The van der Waals surface area contributed by atoms with Crippen LogP contribution in [0.2, 0.25) is 5.02 Å². The number of hydrogen-bond donors (Lipinski definition) is 2. The largest absolute Gasteiger partial charge is 0.439 e. The maximum atomic E-state index is 13.0. The Bertz CT molecular complexity index is 1530. The highest BCUT2D eigenvalue weighted by atomic mass is 35.5. The van der Waals surface area contributed by atoms with Crippen molar-refractivity contribution in [3.8, 4) is 22.9 Å². The van der Waals surface area contributed by atoms with E-state index in [1.54, 1.807) is 19.2 Å². The Morgan fingerprint density at radius 2 is 1.87 bits per heavy atom. The maximum absolute atomic E-state index is 13.0. The molecule has 1 fully saturated rings. The molecule has 4 aromatic rings. The van der Waals surface area contributed by atoms with Gasteiger partial charge < -0.3 is 15.0 Å². The van der Waals surface area contributed by atoms with Gasteiger partial charge in [0.2, 0.25) is 11.8 Å². The van der Waals surface area contributed by atoms with Crippen LogP contribution in [0.5, 0.6) is 11.6 Å². The van der Waals surface area contributed by atoms with Gasteiger partial charge in [0, 0.05) is 61.3 Å². The van der Waals surface area contributed by atoms with E-state index in [1.165, 1.54) is 17.1 Å². The van der Waals surface area contributed by atoms with Crippen molar-refractivity contribution in [3.05, 3.63) is 71.5 Å². The van der Waals surface area contributed by atoms with E-state index < -0.39 is 10.0 Å². The molecule has 198 valence electrons. The lowest BCUT2D eigenvalue weighted by atomic mass is 10.0. The molecule has 1 aliphatic heterocycles. The number of hydrogen-bond acceptors (Lipinski definition) is 8. The van der Waals surface area contributed by atoms with Crippen LogP contribution in [-0.4, -0.2) is 54.3 Å². The van der Waals surface area contributed by atoms with Gasteiger partial charge in [-0.1, -0.05) is 30.7 Å². The Hall–Kier alpha value is -3.67. The molecule has 0 atom stereocenters. The zero-order valence-corrected chi connectivity index (χ0v) is 22.6. The van der Waals surface area contributed by atoms with Gasteiger partial charge in [-0.15, -0.1) is 0 Å². The van der Waals surface area contributed by atoms with Gasteiger partial charge in [-0.05, 0) is 42.8 Å². The van der Waals surface area contributed by atoms with E-state index in [-0.39, 0.29) is 16.7 Å². The standard InChI is InChI=1S/C26H28ClN7O3S/c1-3-23-24(18-5-4-6-19(27)15-18)30-26(32-38(35,36)22-16-29-33(2)17-22)31-25(23)37-21-9-7-20(8-10-21)34-13-11-28-12-14-34/h4-10,15-17,28H,3,11-14H2,1-2H3,(H,30,31,32). The highest BCUT2D eigenvalue weighted by molar-refractivity contribution is 7.92. The van der Waals surface area contributed by atoms with Gasteiger partial charge in [0.15, 0.2) is 0 Å². The molecule has 3 heterocycles. The summed E-state index contributed by atoms with van der Waals surface area (Å²) in [5, 5.41) is 7.84. The van der Waals surface area contributed by atoms with Crippen molar-refractivity contribution in [2.75, 3.05) is 35.8 Å². The van der Waals surface area contributed by atoms with Gasteiger partial charge in [0.1, 0.15) is 10.6 Å². The van der Waals surface area contributed by atoms with Crippen molar-refractivity contribution in [3.63, 3.8) is 0 Å². The summed E-state index contributed by atoms with van der Waals surface area (Å²) in [6, 6.07) is 15.0. The number of nitrogens with one attached hydrogen (secondary N) is 2. The molecule has 38 heavy (non-hydrogen) atoms. The summed E-state index contributed by atoms with van der Waals surface area (Å²) in [6.07, 6.45) is 3.21. The fourth-order valence-electron chi connectivity index (χ4n) is 4.26. The molecule has 5 rings (SSSR count). The van der Waals surface area contributed by atoms with Crippen molar-refractivity contribution >= 4 is 33.3 Å². The first-order chi connectivity index (χ1) is 18.3. The molecular formula is C26H28ClN7O3S. The molecule has 0 aliphatic carbocycles. The van der Waals surface area contributed by atoms with Gasteiger partial charge in [-0.2, -0.15) is 10.1 Å². The van der Waals surface area contributed by atoms with Gasteiger partial charge in [0.05, 0.1) is 11.9 Å². The van der Waals surface area contributed by atoms with Crippen molar-refractivity contribution < 1.29 is 13.2 Å². The lowest BCUT2D eigenvalue weighted by Crippen LogP contribution is -2.43. The molecule has 2 aromatic carbocycles. The summed E-state index contributed by atoms with van der Waals surface area (Å²) in [5.74, 6) is 0.722. The smallest absolute Gasteiger partial charge is 0.267 e. The van der Waals surface area contributed by atoms with Crippen molar-refractivity contribution in [1.29, 1.82) is 0 Å². The zero-order chi connectivity index (χ0) is 26.7. The van der Waals surface area contributed by atoms with E-state index in [0.29, 0.717) is 22.9 Å². The summed E-state index contributed by atoms with van der Waals surface area (Å²) in [5.41, 5.74) is 3.09. The summed E-state index contributed by atoms with van der Waals surface area (Å²) in [6.45, 7) is 5.74. The molecule has 0 unspecified atom stereocenters. The number of rotatable bonds is 8. The molecule has 0 amide bonds. The number of aromatic nitrogens is 4. The second kappa shape index (κ2) is 11.0. The average molecular weight is 554 g/mol. The number of anilines is 2. The first kappa shape index (κ1) is 26.0. The van der Waals surface area contributed by atoms with Crippen LogP contribution in [0.25, 0.3) is 11.3 Å². The van der Waals surface area contributed by atoms with Crippen LogP contribution < -0.4 is 19.7 Å². The molecule has 12 heteroatoms. The molecule has 0 bridgehead atoms. The third-order valence-corrected chi connectivity index (χ3v) is 7.69. The highest BCUT2D eigenvalue weighted by Crippen LogP contribution is 2.34. The zero-order valence-electron chi connectivity index (χ0n) is 21.1. The van der Waals surface area contributed by atoms with Crippen LogP contribution in [0.4, 0.5) is 11.6 Å². The molecule has 0 spiro atoms. The predicted octanol–water partition coefficient (Wildman–Crippen LogP) is 4.10. The Morgan fingerprint density at radius 1 is 1.11 bits per heavy atom. The quantitative estimate of drug-likeness (QED) is 0.335. The maximum Gasteiger partial charge on any atom is 0.267 e. The summed E-state index contributed by atoms with van der Waals surface area (Å²) in [7, 11) is -2.34. The second-order valence-corrected chi connectivity index (χ2v) is 11.0. The first-order valence-corrected chi connectivity index (χ1v) is 14.1. The van der Waals surface area contributed by atoms with Crippen LogP contribution in [0, 0.1) is 0 Å². The van der Waals surface area contributed by atoms with Crippen LogP contribution >= 0.6 is 11.6 Å². The van der Waals surface area contributed by atoms with Gasteiger partial charge in [-0.25, -0.2) is 18.1 Å². The third-order valence-electron chi connectivity index (χ3n) is 6.17. The Kier molecular flexibility index (Phi) is 7.50. The predicted molar refractivity (Wildman–Crippen MR) is 147 cm³/mol. The number of ether oxygens (including phenoxy) is 1. The van der Waals surface area contributed by atoms with Crippen LogP contribution in [0.15, 0.2) is 65.8 Å². The number of sulfonamides is 1. The summed E-state index contributed by atoms with van der Waals surface area (Å²) < 4.78 is 36.1. The first-order valence-electron chi connectivity index (χ1n) is 12.2. The minimum absolute atomic E-state index is 0.00144. The molecule has 2 N–H and O–H groups in total. The number of nitrogens with zero attached hydrogens (tertiary/aromatic N) is 5. The van der Waals surface area contributed by atoms with Gasteiger partial charge in [0.25, 0.3) is 10.0 Å². The minimum atomic E-state index is -3.98. The molecule has 0 radical (unpaired) electrons. The van der Waals surface area contributed by atoms with Crippen molar-refractivity contribution in [1.82, 2.24) is 25.1 Å². The highest BCUT2D eigenvalue weighted by Gasteiger charge is 2.22. The second-order valence-electron chi connectivity index (χ2n) is 8.83. The normalized spacial score (nSPS) is 13.9. The Labute approximate surface area is 226 Å². The van der Waals surface area contributed by atoms with Gasteiger partial charge in [-0.3, -0.25) is 4.68 Å². The topological polar surface area (TPSA) is 114 Å². The summed E-state index contributed by atoms with van der Waals surface area (Å²) >= 11 is 6.26.